The van der Waals surface area contributed by atoms with Gasteiger partial charge < -0.3 is 5.11 Å². The molecule has 1 atom stereocenters. The second kappa shape index (κ2) is 7.84. The van der Waals surface area contributed by atoms with Crippen LogP contribution in [0.3, 0.4) is 0 Å². The number of aliphatic carboxylic acids is 1. The van der Waals surface area contributed by atoms with Crippen LogP contribution >= 0.6 is 0 Å². The van der Waals surface area contributed by atoms with E-state index < -0.39 is 5.97 Å². The Morgan fingerprint density at radius 2 is 2.08 bits per heavy atom. The molecule has 0 amide bonds. The van der Waals surface area contributed by atoms with E-state index in [9.17, 15) is 4.79 Å². The summed E-state index contributed by atoms with van der Waals surface area (Å²) in [5.41, 5.74) is 0. The van der Waals surface area contributed by atoms with Crippen molar-refractivity contribution in [3.05, 3.63) is 12.2 Å². The van der Waals surface area contributed by atoms with Gasteiger partial charge in [0.2, 0.25) is 0 Å². The number of hydrogen-bond donors (Lipinski definition) is 1. The van der Waals surface area contributed by atoms with Gasteiger partial charge in [-0.15, -0.1) is 0 Å². The standard InChI is InChI=1S/C11H20O2/c1-3-5-6-7-9-10(8-4-2)11(12)13/h4,8,10H,3,5-7,9H2,1-2H3,(H,12,13)/t10-/m0/s1. The van der Waals surface area contributed by atoms with Gasteiger partial charge in [0.05, 0.1) is 5.92 Å². The molecule has 0 heterocycles. The quantitative estimate of drug-likeness (QED) is 0.487. The Morgan fingerprint density at radius 1 is 1.38 bits per heavy atom. The molecule has 0 aromatic rings. The van der Waals surface area contributed by atoms with Gasteiger partial charge in [-0.25, -0.2) is 0 Å². The summed E-state index contributed by atoms with van der Waals surface area (Å²) < 4.78 is 0. The van der Waals surface area contributed by atoms with E-state index >= 15 is 0 Å². The van der Waals surface area contributed by atoms with E-state index in [0.717, 1.165) is 19.3 Å². The number of carboxylic acids is 1. The number of unbranched alkanes of at least 4 members (excludes halogenated alkanes) is 3. The molecule has 0 saturated carbocycles. The maximum atomic E-state index is 10.7. The van der Waals surface area contributed by atoms with Crippen LogP contribution in [0.25, 0.3) is 0 Å². The van der Waals surface area contributed by atoms with E-state index in [4.69, 9.17) is 5.11 Å². The van der Waals surface area contributed by atoms with Gasteiger partial charge in [0.1, 0.15) is 0 Å². The zero-order chi connectivity index (χ0) is 10.1. The monoisotopic (exact) mass is 184 g/mol. The van der Waals surface area contributed by atoms with Crippen molar-refractivity contribution in [2.45, 2.75) is 46.0 Å². The van der Waals surface area contributed by atoms with Gasteiger partial charge in [-0.1, -0.05) is 44.8 Å². The third-order valence-corrected chi connectivity index (χ3v) is 2.11. The summed E-state index contributed by atoms with van der Waals surface area (Å²) in [6.45, 7) is 4.02. The molecular weight excluding hydrogens is 164 g/mol. The zero-order valence-corrected chi connectivity index (χ0v) is 8.62. The molecule has 0 aromatic heterocycles. The van der Waals surface area contributed by atoms with Crippen LogP contribution in [-0.2, 0) is 4.79 Å². The zero-order valence-electron chi connectivity index (χ0n) is 8.62. The van der Waals surface area contributed by atoms with Crippen molar-refractivity contribution in [1.82, 2.24) is 0 Å². The largest absolute Gasteiger partial charge is 0.481 e. The molecule has 0 aliphatic rings. The topological polar surface area (TPSA) is 37.3 Å². The van der Waals surface area contributed by atoms with Gasteiger partial charge in [0.15, 0.2) is 0 Å². The predicted octanol–water partition coefficient (Wildman–Crippen LogP) is 3.23. The summed E-state index contributed by atoms with van der Waals surface area (Å²) in [6, 6.07) is 0. The van der Waals surface area contributed by atoms with Crippen LogP contribution in [0.2, 0.25) is 0 Å². The first-order valence-corrected chi connectivity index (χ1v) is 5.08. The lowest BCUT2D eigenvalue weighted by atomic mass is 10.0. The maximum absolute atomic E-state index is 10.7. The van der Waals surface area contributed by atoms with Gasteiger partial charge in [-0.05, 0) is 13.3 Å². The molecular formula is C11H20O2. The summed E-state index contributed by atoms with van der Waals surface area (Å²) in [4.78, 5) is 10.7. The minimum absolute atomic E-state index is 0.276. The number of hydrogen-bond acceptors (Lipinski definition) is 1. The van der Waals surface area contributed by atoms with E-state index in [1.807, 2.05) is 13.0 Å². The lowest BCUT2D eigenvalue weighted by Crippen LogP contribution is -2.10. The third kappa shape index (κ3) is 6.38. The Morgan fingerprint density at radius 3 is 2.54 bits per heavy atom. The SMILES string of the molecule is CC=C[C@@H](CCCCCC)C(=O)O. The Hall–Kier alpha value is -0.790. The second-order valence-corrected chi connectivity index (χ2v) is 3.32. The molecule has 0 spiro atoms. The average Bonchev–Trinajstić information content (AvgIpc) is 2.10. The van der Waals surface area contributed by atoms with Crippen molar-refractivity contribution in [2.24, 2.45) is 5.92 Å². The van der Waals surface area contributed by atoms with E-state index in [-0.39, 0.29) is 5.92 Å². The highest BCUT2D eigenvalue weighted by molar-refractivity contribution is 5.71. The summed E-state index contributed by atoms with van der Waals surface area (Å²) in [5.74, 6) is -0.976. The lowest BCUT2D eigenvalue weighted by molar-refractivity contribution is -0.140. The normalized spacial score (nSPS) is 13.4. The first kappa shape index (κ1) is 12.2. The molecule has 0 rings (SSSR count). The second-order valence-electron chi connectivity index (χ2n) is 3.32. The van der Waals surface area contributed by atoms with Crippen LogP contribution in [0.4, 0.5) is 0 Å². The lowest BCUT2D eigenvalue weighted by Gasteiger charge is -2.06. The Kier molecular flexibility index (Phi) is 7.36. The highest BCUT2D eigenvalue weighted by Gasteiger charge is 2.11. The van der Waals surface area contributed by atoms with Gasteiger partial charge in [0.25, 0.3) is 0 Å². The smallest absolute Gasteiger partial charge is 0.310 e. The first-order chi connectivity index (χ1) is 6.22. The van der Waals surface area contributed by atoms with Crippen LogP contribution in [0, 0.1) is 5.92 Å². The van der Waals surface area contributed by atoms with Gasteiger partial charge in [-0.3, -0.25) is 4.79 Å². The fourth-order valence-electron chi connectivity index (χ4n) is 1.33. The average molecular weight is 184 g/mol. The number of carbonyl (C=O) groups is 1. The van der Waals surface area contributed by atoms with E-state index in [1.165, 1.54) is 12.8 Å². The van der Waals surface area contributed by atoms with Crippen molar-refractivity contribution in [2.75, 3.05) is 0 Å². The number of carboxylic acid groups (broad SMARTS) is 1. The summed E-state index contributed by atoms with van der Waals surface area (Å²) >= 11 is 0. The van der Waals surface area contributed by atoms with Gasteiger partial charge in [0, 0.05) is 0 Å². The first-order valence-electron chi connectivity index (χ1n) is 5.08. The molecule has 0 aromatic carbocycles. The molecule has 0 aliphatic heterocycles. The highest BCUT2D eigenvalue weighted by Crippen LogP contribution is 2.12. The Balaban J connectivity index is 3.64. The van der Waals surface area contributed by atoms with Crippen LogP contribution in [-0.4, -0.2) is 11.1 Å². The van der Waals surface area contributed by atoms with Crippen molar-refractivity contribution in [1.29, 1.82) is 0 Å². The Labute approximate surface area is 80.7 Å². The third-order valence-electron chi connectivity index (χ3n) is 2.11. The summed E-state index contributed by atoms with van der Waals surface area (Å²) in [7, 11) is 0. The molecule has 0 aliphatic carbocycles. The van der Waals surface area contributed by atoms with Crippen LogP contribution in [0.1, 0.15) is 46.0 Å². The van der Waals surface area contributed by atoms with Crippen LogP contribution in [0.5, 0.6) is 0 Å². The van der Waals surface area contributed by atoms with Gasteiger partial charge >= 0.3 is 5.97 Å². The fourth-order valence-corrected chi connectivity index (χ4v) is 1.33. The molecule has 2 heteroatoms. The molecule has 13 heavy (non-hydrogen) atoms. The van der Waals surface area contributed by atoms with Crippen LogP contribution < -0.4 is 0 Å². The predicted molar refractivity (Wildman–Crippen MR) is 54.7 cm³/mol. The number of allylic oxidation sites excluding steroid dienone is 1. The van der Waals surface area contributed by atoms with Crippen molar-refractivity contribution in [3.63, 3.8) is 0 Å². The van der Waals surface area contributed by atoms with Crippen molar-refractivity contribution in [3.8, 4) is 0 Å². The maximum Gasteiger partial charge on any atom is 0.310 e. The minimum atomic E-state index is -0.699. The van der Waals surface area contributed by atoms with Gasteiger partial charge in [-0.2, -0.15) is 0 Å². The molecule has 1 N–H and O–H groups in total. The van der Waals surface area contributed by atoms with Crippen molar-refractivity contribution < 1.29 is 9.90 Å². The molecule has 76 valence electrons. The Bertz CT molecular complexity index is 161. The molecule has 0 saturated heterocycles. The fraction of sp³-hybridized carbons (Fsp3) is 0.727. The minimum Gasteiger partial charge on any atom is -0.481 e. The molecule has 0 fully saturated rings. The molecule has 2 nitrogen and oxygen atoms in total. The van der Waals surface area contributed by atoms with E-state index in [0.29, 0.717) is 0 Å². The summed E-state index contributed by atoms with van der Waals surface area (Å²) in [6.07, 6.45) is 8.95. The summed E-state index contributed by atoms with van der Waals surface area (Å²) in [5, 5.41) is 8.81. The highest BCUT2D eigenvalue weighted by atomic mass is 16.4. The number of rotatable bonds is 7. The molecule has 0 bridgehead atoms. The molecule has 0 radical (unpaired) electrons. The van der Waals surface area contributed by atoms with Crippen LogP contribution in [0.15, 0.2) is 12.2 Å². The molecule has 0 unspecified atom stereocenters. The van der Waals surface area contributed by atoms with Crippen molar-refractivity contribution >= 4 is 5.97 Å². The van der Waals surface area contributed by atoms with E-state index in [1.54, 1.807) is 6.08 Å². The van der Waals surface area contributed by atoms with E-state index in [2.05, 4.69) is 6.92 Å².